The van der Waals surface area contributed by atoms with E-state index in [9.17, 15) is 23.1 Å². The van der Waals surface area contributed by atoms with Crippen LogP contribution in [0.25, 0.3) is 0 Å². The molecule has 0 aliphatic carbocycles. The maximum atomic E-state index is 13.4. The normalized spacial score (nSPS) is 19.5. The SMILES string of the molecule is CC1(CO)CCN(c2ccc(C(F)(F)F)cc2NC(=O)c2ccc(C3CCOCC3)o2)CC1. The molecule has 0 atom stereocenters. The molecular weight excluding hydrogens is 437 g/mol. The number of halogens is 3. The third-order valence-electron chi connectivity index (χ3n) is 6.74. The molecule has 0 bridgehead atoms. The molecule has 6 nitrogen and oxygen atoms in total. The van der Waals surface area contributed by atoms with Crippen LogP contribution in [0, 0.1) is 5.41 Å². The molecule has 0 radical (unpaired) electrons. The maximum Gasteiger partial charge on any atom is 0.416 e. The number of alkyl halides is 3. The van der Waals surface area contributed by atoms with Crippen molar-refractivity contribution in [1.29, 1.82) is 0 Å². The van der Waals surface area contributed by atoms with Gasteiger partial charge in [-0.1, -0.05) is 6.92 Å². The minimum absolute atomic E-state index is 0.0609. The summed E-state index contributed by atoms with van der Waals surface area (Å²) in [6.07, 6.45) is -1.53. The molecule has 180 valence electrons. The van der Waals surface area contributed by atoms with Crippen LogP contribution in [0.4, 0.5) is 24.5 Å². The average molecular weight is 467 g/mol. The zero-order valence-corrected chi connectivity index (χ0v) is 18.6. The van der Waals surface area contributed by atoms with E-state index < -0.39 is 17.6 Å². The molecule has 2 saturated heterocycles. The number of piperidine rings is 1. The van der Waals surface area contributed by atoms with Gasteiger partial charge in [-0.2, -0.15) is 13.2 Å². The first-order valence-electron chi connectivity index (χ1n) is 11.2. The molecule has 2 aliphatic heterocycles. The van der Waals surface area contributed by atoms with Crippen LogP contribution in [-0.2, 0) is 10.9 Å². The number of hydrogen-bond acceptors (Lipinski definition) is 5. The van der Waals surface area contributed by atoms with Crippen LogP contribution in [0.5, 0.6) is 0 Å². The fraction of sp³-hybridized carbons (Fsp3) is 0.542. The van der Waals surface area contributed by atoms with Gasteiger partial charge in [-0.3, -0.25) is 4.79 Å². The molecule has 1 amide bonds. The highest BCUT2D eigenvalue weighted by atomic mass is 19.4. The molecule has 0 saturated carbocycles. The van der Waals surface area contributed by atoms with Gasteiger partial charge in [-0.15, -0.1) is 0 Å². The van der Waals surface area contributed by atoms with Crippen molar-refractivity contribution in [2.75, 3.05) is 43.1 Å². The molecule has 1 aromatic heterocycles. The number of nitrogens with one attached hydrogen (secondary N) is 1. The van der Waals surface area contributed by atoms with Crippen LogP contribution < -0.4 is 10.2 Å². The second kappa shape index (κ2) is 9.38. The summed E-state index contributed by atoms with van der Waals surface area (Å²) >= 11 is 0. The highest BCUT2D eigenvalue weighted by Gasteiger charge is 2.34. The van der Waals surface area contributed by atoms with Gasteiger partial charge < -0.3 is 24.5 Å². The first-order chi connectivity index (χ1) is 15.7. The van der Waals surface area contributed by atoms with E-state index in [0.717, 1.165) is 25.0 Å². The smallest absolute Gasteiger partial charge is 0.416 e. The quantitative estimate of drug-likeness (QED) is 0.646. The summed E-state index contributed by atoms with van der Waals surface area (Å²) in [5, 5.41) is 12.3. The third-order valence-corrected chi connectivity index (χ3v) is 6.74. The van der Waals surface area contributed by atoms with Gasteiger partial charge in [-0.25, -0.2) is 0 Å². The number of aliphatic hydroxyl groups excluding tert-OH is 1. The highest BCUT2D eigenvalue weighted by molar-refractivity contribution is 6.04. The Hall–Kier alpha value is -2.52. The lowest BCUT2D eigenvalue weighted by atomic mass is 9.81. The van der Waals surface area contributed by atoms with Gasteiger partial charge in [0, 0.05) is 38.8 Å². The number of amides is 1. The van der Waals surface area contributed by atoms with Gasteiger partial charge in [0.15, 0.2) is 5.76 Å². The van der Waals surface area contributed by atoms with E-state index in [1.54, 1.807) is 12.1 Å². The first kappa shape index (κ1) is 23.6. The Kier molecular flexibility index (Phi) is 6.72. The van der Waals surface area contributed by atoms with Crippen LogP contribution in [0.2, 0.25) is 0 Å². The Balaban J connectivity index is 1.56. The van der Waals surface area contributed by atoms with Crippen molar-refractivity contribution in [2.24, 2.45) is 5.41 Å². The number of aliphatic hydroxyl groups is 1. The summed E-state index contributed by atoms with van der Waals surface area (Å²) in [7, 11) is 0. The van der Waals surface area contributed by atoms with E-state index in [2.05, 4.69) is 5.32 Å². The summed E-state index contributed by atoms with van der Waals surface area (Å²) < 4.78 is 51.2. The topological polar surface area (TPSA) is 74.9 Å². The summed E-state index contributed by atoms with van der Waals surface area (Å²) in [6, 6.07) is 6.70. The molecule has 2 aliphatic rings. The van der Waals surface area contributed by atoms with Crippen molar-refractivity contribution in [2.45, 2.75) is 44.7 Å². The van der Waals surface area contributed by atoms with Gasteiger partial charge in [0.05, 0.1) is 16.9 Å². The van der Waals surface area contributed by atoms with Crippen LogP contribution >= 0.6 is 0 Å². The lowest BCUT2D eigenvalue weighted by Gasteiger charge is -2.40. The van der Waals surface area contributed by atoms with E-state index in [0.29, 0.717) is 50.6 Å². The number of carbonyl (C=O) groups excluding carboxylic acids is 1. The van der Waals surface area contributed by atoms with E-state index in [1.165, 1.54) is 6.07 Å². The minimum atomic E-state index is -4.53. The predicted molar refractivity (Wildman–Crippen MR) is 118 cm³/mol. The van der Waals surface area contributed by atoms with Crippen LogP contribution in [0.15, 0.2) is 34.7 Å². The Labute approximate surface area is 190 Å². The fourth-order valence-electron chi connectivity index (χ4n) is 4.39. The second-order valence-electron chi connectivity index (χ2n) is 9.23. The van der Waals surface area contributed by atoms with E-state index in [4.69, 9.17) is 9.15 Å². The van der Waals surface area contributed by atoms with Crippen molar-refractivity contribution < 1.29 is 32.2 Å². The summed E-state index contributed by atoms with van der Waals surface area (Å²) in [5.74, 6) is 0.322. The number of rotatable bonds is 5. The molecule has 2 fully saturated rings. The van der Waals surface area contributed by atoms with E-state index in [-0.39, 0.29) is 29.4 Å². The fourth-order valence-corrected chi connectivity index (χ4v) is 4.39. The Bertz CT molecular complexity index is 974. The van der Waals surface area contributed by atoms with Crippen LogP contribution in [-0.4, -0.2) is 43.9 Å². The number of furan rings is 1. The average Bonchev–Trinajstić information content (AvgIpc) is 3.30. The zero-order chi connectivity index (χ0) is 23.6. The highest BCUT2D eigenvalue weighted by Crippen LogP contribution is 2.39. The summed E-state index contributed by atoms with van der Waals surface area (Å²) in [6.45, 7) is 4.45. The molecule has 3 heterocycles. The Morgan fingerprint density at radius 2 is 1.88 bits per heavy atom. The van der Waals surface area contributed by atoms with Crippen LogP contribution in [0.1, 0.15) is 60.4 Å². The molecule has 2 aromatic rings. The molecule has 2 N–H and O–H groups in total. The summed E-state index contributed by atoms with van der Waals surface area (Å²) in [5.41, 5.74) is -0.430. The number of nitrogens with zero attached hydrogens (tertiary/aromatic N) is 1. The minimum Gasteiger partial charge on any atom is -0.456 e. The van der Waals surface area contributed by atoms with Gasteiger partial charge in [0.1, 0.15) is 5.76 Å². The number of benzene rings is 1. The molecule has 0 unspecified atom stereocenters. The van der Waals surface area contributed by atoms with E-state index >= 15 is 0 Å². The number of anilines is 2. The first-order valence-corrected chi connectivity index (χ1v) is 11.2. The molecule has 4 rings (SSSR count). The van der Waals surface area contributed by atoms with Gasteiger partial charge in [0.2, 0.25) is 0 Å². The maximum absolute atomic E-state index is 13.4. The number of hydrogen-bond donors (Lipinski definition) is 2. The van der Waals surface area contributed by atoms with Gasteiger partial charge in [-0.05, 0) is 61.4 Å². The summed E-state index contributed by atoms with van der Waals surface area (Å²) in [4.78, 5) is 14.8. The molecule has 9 heteroatoms. The van der Waals surface area contributed by atoms with Crippen molar-refractivity contribution in [1.82, 2.24) is 0 Å². The zero-order valence-electron chi connectivity index (χ0n) is 18.6. The molecule has 33 heavy (non-hydrogen) atoms. The van der Waals surface area contributed by atoms with E-state index in [1.807, 2.05) is 11.8 Å². The van der Waals surface area contributed by atoms with Gasteiger partial charge >= 0.3 is 6.18 Å². The van der Waals surface area contributed by atoms with Crippen molar-refractivity contribution in [3.05, 3.63) is 47.4 Å². The van der Waals surface area contributed by atoms with Crippen molar-refractivity contribution in [3.8, 4) is 0 Å². The third kappa shape index (κ3) is 5.35. The predicted octanol–water partition coefficient (Wildman–Crippen LogP) is 5.04. The van der Waals surface area contributed by atoms with Crippen molar-refractivity contribution >= 4 is 17.3 Å². The standard InChI is InChI=1S/C24H29F3N2O4/c1-23(15-30)8-10-29(11-9-23)19-3-2-17(24(25,26)27)14-18(19)28-22(31)21-5-4-20(33-21)16-6-12-32-13-7-16/h2-5,14,16,30H,6-13,15H2,1H3,(H,28,31). The lowest BCUT2D eigenvalue weighted by molar-refractivity contribution is -0.137. The lowest BCUT2D eigenvalue weighted by Crippen LogP contribution is -2.40. The Morgan fingerprint density at radius 1 is 1.18 bits per heavy atom. The number of ether oxygens (including phenoxy) is 1. The van der Waals surface area contributed by atoms with Gasteiger partial charge in [0.25, 0.3) is 5.91 Å². The monoisotopic (exact) mass is 466 g/mol. The largest absolute Gasteiger partial charge is 0.456 e. The molecule has 0 spiro atoms. The Morgan fingerprint density at radius 3 is 2.52 bits per heavy atom. The number of carbonyl (C=O) groups is 1. The van der Waals surface area contributed by atoms with Crippen molar-refractivity contribution in [3.63, 3.8) is 0 Å². The molecule has 1 aromatic carbocycles. The second-order valence-corrected chi connectivity index (χ2v) is 9.23. The molecular formula is C24H29F3N2O4. The van der Waals surface area contributed by atoms with Crippen LogP contribution in [0.3, 0.4) is 0 Å².